The second kappa shape index (κ2) is 6.00. The van der Waals surface area contributed by atoms with Crippen molar-refractivity contribution in [2.45, 2.75) is 19.0 Å². The molecule has 1 amide bonds. The second-order valence-corrected chi connectivity index (χ2v) is 6.21. The van der Waals surface area contributed by atoms with Gasteiger partial charge in [-0.3, -0.25) is 4.79 Å². The average molecular weight is 336 g/mol. The second-order valence-electron chi connectivity index (χ2n) is 6.21. The molecule has 1 atom stereocenters. The molecule has 128 valence electrons. The molecule has 1 aromatic carbocycles. The van der Waals surface area contributed by atoms with Gasteiger partial charge in [0.2, 0.25) is 0 Å². The number of hydrogen-bond donors (Lipinski definition) is 0. The molecule has 1 saturated heterocycles. The number of aryl methyl sites for hydroxylation is 1. The van der Waals surface area contributed by atoms with Crippen molar-refractivity contribution >= 4 is 22.9 Å². The van der Waals surface area contributed by atoms with E-state index in [2.05, 4.69) is 6.58 Å². The van der Waals surface area contributed by atoms with Gasteiger partial charge in [-0.15, -0.1) is 0 Å². The Kier molecular flexibility index (Phi) is 4.15. The van der Waals surface area contributed by atoms with Gasteiger partial charge in [0.05, 0.1) is 11.4 Å². The molecule has 1 fully saturated rings. The number of hydrogen-bond acceptors (Lipinski definition) is 1. The van der Waals surface area contributed by atoms with Crippen molar-refractivity contribution < 1.29 is 18.0 Å². The highest BCUT2D eigenvalue weighted by Crippen LogP contribution is 2.34. The van der Waals surface area contributed by atoms with Crippen LogP contribution in [0.4, 0.5) is 13.2 Å². The normalized spacial score (nSPS) is 18.8. The van der Waals surface area contributed by atoms with Crippen LogP contribution in [0, 0.1) is 5.92 Å². The van der Waals surface area contributed by atoms with Crippen molar-refractivity contribution in [3.63, 3.8) is 0 Å². The highest BCUT2D eigenvalue weighted by atomic mass is 19.4. The highest BCUT2D eigenvalue weighted by molar-refractivity contribution is 6.00. The summed E-state index contributed by atoms with van der Waals surface area (Å²) in [5, 5.41) is 0.877. The molecule has 3 nitrogen and oxygen atoms in total. The number of aromatic nitrogens is 1. The number of para-hydroxylation sites is 1. The molecule has 1 unspecified atom stereocenters. The lowest BCUT2D eigenvalue weighted by Gasteiger charge is -2.33. The molecule has 0 bridgehead atoms. The summed E-state index contributed by atoms with van der Waals surface area (Å²) in [6, 6.07) is 7.38. The van der Waals surface area contributed by atoms with Gasteiger partial charge in [-0.25, -0.2) is 0 Å². The molecule has 1 aliphatic rings. The molecule has 2 heterocycles. The molecule has 0 radical (unpaired) electrons. The molecule has 1 aliphatic heterocycles. The molecule has 0 N–H and O–H groups in total. The van der Waals surface area contributed by atoms with Crippen molar-refractivity contribution in [2.24, 2.45) is 13.0 Å². The molecule has 1 aromatic heterocycles. The fourth-order valence-electron chi connectivity index (χ4n) is 3.41. The summed E-state index contributed by atoms with van der Waals surface area (Å²) in [5.74, 6) is -1.79. The Hall–Kier alpha value is -2.24. The zero-order valence-corrected chi connectivity index (χ0v) is 13.4. The van der Waals surface area contributed by atoms with Gasteiger partial charge in [0.15, 0.2) is 0 Å². The smallest absolute Gasteiger partial charge is 0.339 e. The first-order valence-corrected chi connectivity index (χ1v) is 7.90. The van der Waals surface area contributed by atoms with Gasteiger partial charge in [-0.1, -0.05) is 30.9 Å². The average Bonchev–Trinajstić information content (AvgIpc) is 2.90. The maximum Gasteiger partial charge on any atom is 0.393 e. The first-order valence-electron chi connectivity index (χ1n) is 7.90. The van der Waals surface area contributed by atoms with Gasteiger partial charge in [-0.05, 0) is 24.5 Å². The van der Waals surface area contributed by atoms with Gasteiger partial charge in [0.25, 0.3) is 5.91 Å². The van der Waals surface area contributed by atoms with Crippen LogP contribution in [-0.2, 0) is 7.05 Å². The number of carbonyl (C=O) groups is 1. The Balaban J connectivity index is 1.94. The number of fused-ring (bicyclic) bond motifs is 1. The zero-order chi connectivity index (χ0) is 17.5. The molecule has 24 heavy (non-hydrogen) atoms. The van der Waals surface area contributed by atoms with E-state index in [0.717, 1.165) is 16.5 Å². The molecule has 2 aromatic rings. The van der Waals surface area contributed by atoms with E-state index < -0.39 is 12.1 Å². The zero-order valence-electron chi connectivity index (χ0n) is 13.4. The molecule has 0 aliphatic carbocycles. The number of halogens is 3. The quantitative estimate of drug-likeness (QED) is 0.805. The van der Waals surface area contributed by atoms with Crippen LogP contribution in [0.25, 0.3) is 17.0 Å². The highest BCUT2D eigenvalue weighted by Gasteiger charge is 2.43. The van der Waals surface area contributed by atoms with Crippen LogP contribution < -0.4 is 0 Å². The largest absolute Gasteiger partial charge is 0.393 e. The van der Waals surface area contributed by atoms with Gasteiger partial charge in [0, 0.05) is 25.5 Å². The van der Waals surface area contributed by atoms with Crippen molar-refractivity contribution in [2.75, 3.05) is 13.1 Å². The van der Waals surface area contributed by atoms with E-state index >= 15 is 0 Å². The summed E-state index contributed by atoms with van der Waals surface area (Å²) >= 11 is 0. The third kappa shape index (κ3) is 2.81. The van der Waals surface area contributed by atoms with Crippen molar-refractivity contribution in [3.8, 4) is 0 Å². The third-order valence-electron chi connectivity index (χ3n) is 4.70. The van der Waals surface area contributed by atoms with Crippen LogP contribution in [0.15, 0.2) is 30.8 Å². The van der Waals surface area contributed by atoms with Crippen LogP contribution in [0.3, 0.4) is 0 Å². The van der Waals surface area contributed by atoms with Crippen LogP contribution >= 0.6 is 0 Å². The van der Waals surface area contributed by atoms with Crippen LogP contribution in [-0.4, -0.2) is 34.6 Å². The molecule has 3 rings (SSSR count). The van der Waals surface area contributed by atoms with Crippen molar-refractivity contribution in [3.05, 3.63) is 42.1 Å². The number of amides is 1. The lowest BCUT2D eigenvalue weighted by Crippen LogP contribution is -2.45. The van der Waals surface area contributed by atoms with Gasteiger partial charge in [0.1, 0.15) is 5.69 Å². The maximum absolute atomic E-state index is 13.0. The van der Waals surface area contributed by atoms with E-state index in [-0.39, 0.29) is 18.9 Å². The number of nitrogens with zero attached hydrogens (tertiary/aromatic N) is 2. The SMILES string of the molecule is C=Cc1cccc2cc(C(=O)N3CCCC(C(F)(F)F)C3)n(C)c12. The third-order valence-corrected chi connectivity index (χ3v) is 4.70. The Morgan fingerprint density at radius 3 is 2.79 bits per heavy atom. The van der Waals surface area contributed by atoms with E-state index in [4.69, 9.17) is 0 Å². The molecular formula is C18H19F3N2O. The standard InChI is InChI=1S/C18H19F3N2O/c1-3-12-6-4-7-13-10-15(22(2)16(12)13)17(24)23-9-5-8-14(11-23)18(19,20)21/h3-4,6-7,10,14H,1,5,8-9,11H2,2H3. The summed E-state index contributed by atoms with van der Waals surface area (Å²) in [5.41, 5.74) is 2.16. The number of benzene rings is 1. The summed E-state index contributed by atoms with van der Waals surface area (Å²) in [6.45, 7) is 3.87. The minimum Gasteiger partial charge on any atom is -0.339 e. The monoisotopic (exact) mass is 336 g/mol. The lowest BCUT2D eigenvalue weighted by molar-refractivity contribution is -0.184. The van der Waals surface area contributed by atoms with Gasteiger partial charge in [-0.2, -0.15) is 13.2 Å². The number of piperidine rings is 1. The van der Waals surface area contributed by atoms with E-state index in [1.54, 1.807) is 23.8 Å². The fourth-order valence-corrected chi connectivity index (χ4v) is 3.41. The lowest BCUT2D eigenvalue weighted by atomic mass is 9.97. The Labute approximate surface area is 138 Å². The first-order chi connectivity index (χ1) is 11.3. The summed E-state index contributed by atoms with van der Waals surface area (Å²) in [6.07, 6.45) is -2.09. The molecular weight excluding hydrogens is 317 g/mol. The van der Waals surface area contributed by atoms with Crippen LogP contribution in [0.2, 0.25) is 0 Å². The first kappa shape index (κ1) is 16.6. The number of likely N-dealkylation sites (tertiary alicyclic amines) is 1. The Morgan fingerprint density at radius 1 is 1.38 bits per heavy atom. The minimum absolute atomic E-state index is 0.0863. The summed E-state index contributed by atoms with van der Waals surface area (Å²) in [4.78, 5) is 14.1. The van der Waals surface area contributed by atoms with Crippen LogP contribution in [0.1, 0.15) is 28.9 Å². The van der Waals surface area contributed by atoms with Gasteiger partial charge >= 0.3 is 6.18 Å². The Morgan fingerprint density at radius 2 is 2.12 bits per heavy atom. The topological polar surface area (TPSA) is 25.2 Å². The number of carbonyl (C=O) groups excluding carboxylic acids is 1. The predicted molar refractivity (Wildman–Crippen MR) is 87.7 cm³/mol. The maximum atomic E-state index is 13.0. The predicted octanol–water partition coefficient (Wildman–Crippen LogP) is 4.24. The minimum atomic E-state index is -4.26. The summed E-state index contributed by atoms with van der Waals surface area (Å²) in [7, 11) is 1.76. The van der Waals surface area contributed by atoms with Crippen molar-refractivity contribution in [1.29, 1.82) is 0 Å². The van der Waals surface area contributed by atoms with E-state index in [1.165, 1.54) is 4.90 Å². The van der Waals surface area contributed by atoms with Gasteiger partial charge < -0.3 is 9.47 Å². The van der Waals surface area contributed by atoms with E-state index in [9.17, 15) is 18.0 Å². The Bertz CT molecular complexity index is 791. The number of rotatable bonds is 2. The molecule has 6 heteroatoms. The van der Waals surface area contributed by atoms with Crippen LogP contribution in [0.5, 0.6) is 0 Å². The number of alkyl halides is 3. The summed E-state index contributed by atoms with van der Waals surface area (Å²) < 4.78 is 40.7. The molecule has 0 spiro atoms. The van der Waals surface area contributed by atoms with E-state index in [1.807, 2.05) is 18.2 Å². The fraction of sp³-hybridized carbons (Fsp3) is 0.389. The van der Waals surface area contributed by atoms with E-state index in [0.29, 0.717) is 18.7 Å². The van der Waals surface area contributed by atoms with Crippen molar-refractivity contribution in [1.82, 2.24) is 9.47 Å². The molecule has 0 saturated carbocycles.